The Kier molecular flexibility index (Phi) is 3.01. The van der Waals surface area contributed by atoms with E-state index in [0.29, 0.717) is 0 Å². The number of halogens is 1. The molecule has 1 aromatic heterocycles. The summed E-state index contributed by atoms with van der Waals surface area (Å²) in [6, 6.07) is 0. The lowest BCUT2D eigenvalue weighted by molar-refractivity contribution is 0.107. The topological polar surface area (TPSA) is 16.1 Å². The van der Waals surface area contributed by atoms with E-state index in [1.165, 1.54) is 23.8 Å². The molecule has 4 heteroatoms. The van der Waals surface area contributed by atoms with Gasteiger partial charge in [-0.25, -0.2) is 4.98 Å². The van der Waals surface area contributed by atoms with Gasteiger partial charge in [-0.05, 0) is 12.8 Å². The number of nitrogens with zero attached hydrogens (tertiary/aromatic N) is 2. The van der Waals surface area contributed by atoms with Gasteiger partial charge < -0.3 is 0 Å². The van der Waals surface area contributed by atoms with Crippen LogP contribution in [0.25, 0.3) is 0 Å². The zero-order valence-electron chi connectivity index (χ0n) is 7.66. The molecular formula is C9H13BrN2S. The molecule has 72 valence electrons. The van der Waals surface area contributed by atoms with Crippen molar-refractivity contribution in [3.05, 3.63) is 16.1 Å². The Bertz CT molecular complexity index is 281. The molecule has 2 nitrogen and oxygen atoms in total. The highest BCUT2D eigenvalue weighted by molar-refractivity contribution is 9.09. The Morgan fingerprint density at radius 2 is 2.46 bits per heavy atom. The third-order valence-corrected chi connectivity index (χ3v) is 4.04. The fourth-order valence-electron chi connectivity index (χ4n) is 1.61. The van der Waals surface area contributed by atoms with Gasteiger partial charge in [0.25, 0.3) is 0 Å². The van der Waals surface area contributed by atoms with Gasteiger partial charge in [-0.1, -0.05) is 15.9 Å². The summed E-state index contributed by atoms with van der Waals surface area (Å²) in [5.74, 6) is 0.861. The summed E-state index contributed by atoms with van der Waals surface area (Å²) >= 11 is 5.24. The van der Waals surface area contributed by atoms with E-state index in [-0.39, 0.29) is 0 Å². The fourth-order valence-corrected chi connectivity index (χ4v) is 2.63. The smallest absolute Gasteiger partial charge is 0.0897 e. The van der Waals surface area contributed by atoms with E-state index in [1.54, 1.807) is 11.3 Å². The van der Waals surface area contributed by atoms with Crippen LogP contribution in [0.4, 0.5) is 0 Å². The Labute approximate surface area is 91.1 Å². The number of thiazole rings is 1. The summed E-state index contributed by atoms with van der Waals surface area (Å²) in [5.41, 5.74) is 1.23. The minimum Gasteiger partial charge on any atom is -0.297 e. The van der Waals surface area contributed by atoms with E-state index in [9.17, 15) is 0 Å². The maximum absolute atomic E-state index is 4.45. The molecule has 2 rings (SSSR count). The summed E-state index contributed by atoms with van der Waals surface area (Å²) in [6.45, 7) is 5.54. The van der Waals surface area contributed by atoms with Gasteiger partial charge in [-0.3, -0.25) is 4.90 Å². The monoisotopic (exact) mass is 260 g/mol. The lowest BCUT2D eigenvalue weighted by Gasteiger charge is -2.37. The minimum absolute atomic E-state index is 0.861. The molecule has 1 aromatic rings. The van der Waals surface area contributed by atoms with Crippen molar-refractivity contribution < 1.29 is 0 Å². The van der Waals surface area contributed by atoms with Gasteiger partial charge in [0.2, 0.25) is 0 Å². The van der Waals surface area contributed by atoms with E-state index in [0.717, 1.165) is 17.8 Å². The van der Waals surface area contributed by atoms with E-state index >= 15 is 0 Å². The van der Waals surface area contributed by atoms with Crippen LogP contribution in [0.5, 0.6) is 0 Å². The van der Waals surface area contributed by atoms with Crippen molar-refractivity contribution in [2.45, 2.75) is 13.5 Å². The first-order valence-electron chi connectivity index (χ1n) is 4.47. The first-order valence-corrected chi connectivity index (χ1v) is 6.47. The maximum atomic E-state index is 4.45. The highest BCUT2D eigenvalue weighted by Gasteiger charge is 2.25. The Balaban J connectivity index is 1.81. The molecule has 0 amide bonds. The molecule has 1 fully saturated rings. The molecule has 0 aliphatic carbocycles. The molecule has 2 heterocycles. The molecule has 13 heavy (non-hydrogen) atoms. The Morgan fingerprint density at radius 3 is 3.00 bits per heavy atom. The number of alkyl halides is 1. The average Bonchev–Trinajstić information content (AvgIpc) is 2.43. The quantitative estimate of drug-likeness (QED) is 0.776. The van der Waals surface area contributed by atoms with Crippen LogP contribution >= 0.6 is 27.3 Å². The van der Waals surface area contributed by atoms with Gasteiger partial charge in [0.1, 0.15) is 0 Å². The van der Waals surface area contributed by atoms with Crippen LogP contribution in [0.3, 0.4) is 0 Å². The number of aromatic nitrogens is 1. The van der Waals surface area contributed by atoms with Crippen LogP contribution in [0.15, 0.2) is 5.38 Å². The van der Waals surface area contributed by atoms with Gasteiger partial charge in [-0.15, -0.1) is 11.3 Å². The van der Waals surface area contributed by atoms with Crippen LogP contribution in [0.2, 0.25) is 0 Å². The molecular weight excluding hydrogens is 248 g/mol. The van der Waals surface area contributed by atoms with Crippen molar-refractivity contribution in [2.75, 3.05) is 18.4 Å². The summed E-state index contributed by atoms with van der Waals surface area (Å²) in [4.78, 5) is 6.89. The highest BCUT2D eigenvalue weighted by atomic mass is 79.9. The first kappa shape index (κ1) is 9.62. The number of likely N-dealkylation sites (tertiary alicyclic amines) is 1. The molecule has 1 saturated heterocycles. The molecule has 0 bridgehead atoms. The Hall–Kier alpha value is 0.0700. The predicted molar refractivity (Wildman–Crippen MR) is 59.4 cm³/mol. The zero-order chi connectivity index (χ0) is 9.26. The van der Waals surface area contributed by atoms with Crippen molar-refractivity contribution in [1.29, 1.82) is 0 Å². The van der Waals surface area contributed by atoms with Gasteiger partial charge in [0.15, 0.2) is 0 Å². The zero-order valence-corrected chi connectivity index (χ0v) is 10.1. The second kappa shape index (κ2) is 4.07. The molecule has 0 spiro atoms. The van der Waals surface area contributed by atoms with Crippen LogP contribution < -0.4 is 0 Å². The number of hydrogen-bond donors (Lipinski definition) is 0. The van der Waals surface area contributed by atoms with Gasteiger partial charge in [0, 0.05) is 30.3 Å². The lowest BCUT2D eigenvalue weighted by atomic mass is 10.0. The number of rotatable bonds is 3. The molecule has 0 aromatic carbocycles. The van der Waals surface area contributed by atoms with Gasteiger partial charge in [0.05, 0.1) is 10.7 Å². The predicted octanol–water partition coefficient (Wildman–Crippen LogP) is 2.28. The molecule has 0 unspecified atom stereocenters. The summed E-state index contributed by atoms with van der Waals surface area (Å²) < 4.78 is 0. The molecule has 0 radical (unpaired) electrons. The molecule has 0 saturated carbocycles. The first-order chi connectivity index (χ1) is 6.28. The van der Waals surface area contributed by atoms with Crippen molar-refractivity contribution >= 4 is 27.3 Å². The van der Waals surface area contributed by atoms with E-state index in [4.69, 9.17) is 0 Å². The van der Waals surface area contributed by atoms with Crippen LogP contribution in [0.1, 0.15) is 10.7 Å². The van der Waals surface area contributed by atoms with E-state index in [1.807, 2.05) is 0 Å². The Morgan fingerprint density at radius 1 is 1.69 bits per heavy atom. The van der Waals surface area contributed by atoms with E-state index in [2.05, 4.69) is 38.1 Å². The van der Waals surface area contributed by atoms with Crippen molar-refractivity contribution in [3.8, 4) is 0 Å². The highest BCUT2D eigenvalue weighted by Crippen LogP contribution is 2.20. The van der Waals surface area contributed by atoms with Crippen LogP contribution in [-0.2, 0) is 6.54 Å². The molecule has 1 aliphatic heterocycles. The van der Waals surface area contributed by atoms with Crippen molar-refractivity contribution in [2.24, 2.45) is 5.92 Å². The summed E-state index contributed by atoms with van der Waals surface area (Å²) in [5, 5.41) is 4.48. The maximum Gasteiger partial charge on any atom is 0.0897 e. The second-order valence-corrected chi connectivity index (χ2v) is 5.28. The molecule has 0 N–H and O–H groups in total. The van der Waals surface area contributed by atoms with Crippen molar-refractivity contribution in [1.82, 2.24) is 9.88 Å². The van der Waals surface area contributed by atoms with Gasteiger partial charge in [-0.2, -0.15) is 0 Å². The SMILES string of the molecule is Cc1nc(CN2CC(CBr)C2)cs1. The van der Waals surface area contributed by atoms with Crippen LogP contribution in [0, 0.1) is 12.8 Å². The van der Waals surface area contributed by atoms with Crippen LogP contribution in [-0.4, -0.2) is 28.3 Å². The average molecular weight is 261 g/mol. The van der Waals surface area contributed by atoms with E-state index < -0.39 is 0 Å². The minimum atomic E-state index is 0.861. The summed E-state index contributed by atoms with van der Waals surface area (Å²) in [6.07, 6.45) is 0. The van der Waals surface area contributed by atoms with Crippen molar-refractivity contribution in [3.63, 3.8) is 0 Å². The standard InChI is InChI=1S/C9H13BrN2S/c1-7-11-9(6-13-7)5-12-3-8(2-10)4-12/h6,8H,2-5H2,1H3. The fraction of sp³-hybridized carbons (Fsp3) is 0.667. The van der Waals surface area contributed by atoms with Gasteiger partial charge >= 0.3 is 0 Å². The lowest BCUT2D eigenvalue weighted by Crippen LogP contribution is -2.46. The number of aryl methyl sites for hydroxylation is 1. The second-order valence-electron chi connectivity index (χ2n) is 3.57. The normalized spacial score (nSPS) is 18.9. The third kappa shape index (κ3) is 2.30. The number of hydrogen-bond acceptors (Lipinski definition) is 3. The molecule has 1 aliphatic rings. The largest absolute Gasteiger partial charge is 0.297 e. The molecule has 0 atom stereocenters. The third-order valence-electron chi connectivity index (χ3n) is 2.30. The summed E-state index contributed by atoms with van der Waals surface area (Å²) in [7, 11) is 0.